The third-order valence-corrected chi connectivity index (χ3v) is 3.31. The van der Waals surface area contributed by atoms with Gasteiger partial charge in [0.15, 0.2) is 0 Å². The number of hydrogen-bond acceptors (Lipinski definition) is 4. The fourth-order valence-corrected chi connectivity index (χ4v) is 2.12. The van der Waals surface area contributed by atoms with Crippen LogP contribution < -0.4 is 9.46 Å². The van der Waals surface area contributed by atoms with E-state index in [1.165, 1.54) is 0 Å². The fourth-order valence-electron chi connectivity index (χ4n) is 1.69. The lowest BCUT2D eigenvalue weighted by Crippen LogP contribution is -2.30. The van der Waals surface area contributed by atoms with Gasteiger partial charge < -0.3 is 4.74 Å². The van der Waals surface area contributed by atoms with Crippen LogP contribution >= 0.6 is 10.7 Å². The van der Waals surface area contributed by atoms with Gasteiger partial charge in [0, 0.05) is 16.2 Å². The molecule has 0 fully saturated rings. The quantitative estimate of drug-likeness (QED) is 0.869. The SMILES string of the molecule is CCc1ccc(OC(=O)NS(=O)(=O)Cl)c(C(C)(C)C)c1. The Balaban J connectivity index is 3.09. The molecular formula is C13H18ClNO4S. The zero-order valence-electron chi connectivity index (χ0n) is 11.9. The van der Waals surface area contributed by atoms with Crippen molar-refractivity contribution in [3.8, 4) is 5.75 Å². The monoisotopic (exact) mass is 319 g/mol. The van der Waals surface area contributed by atoms with Crippen molar-refractivity contribution in [1.82, 2.24) is 4.72 Å². The lowest BCUT2D eigenvalue weighted by Gasteiger charge is -2.23. The highest BCUT2D eigenvalue weighted by Crippen LogP contribution is 2.32. The Hall–Kier alpha value is -1.27. The van der Waals surface area contributed by atoms with Crippen LogP contribution in [0.1, 0.15) is 38.8 Å². The first-order chi connectivity index (χ1) is 9.03. The Labute approximate surface area is 123 Å². The standard InChI is InChI=1S/C13H18ClNO4S/c1-5-9-6-7-11(10(8-9)13(2,3)4)19-12(16)15-20(14,17)18/h6-8H,5H2,1-4H3,(H,15,16). The van der Waals surface area contributed by atoms with Crippen LogP contribution in [0, 0.1) is 0 Å². The molecule has 7 heteroatoms. The van der Waals surface area contributed by atoms with Crippen molar-refractivity contribution in [3.63, 3.8) is 0 Å². The lowest BCUT2D eigenvalue weighted by atomic mass is 9.85. The molecule has 0 spiro atoms. The van der Waals surface area contributed by atoms with E-state index in [1.807, 2.05) is 39.8 Å². The minimum Gasteiger partial charge on any atom is -0.409 e. The topological polar surface area (TPSA) is 72.5 Å². The number of ether oxygens (including phenoxy) is 1. The predicted octanol–water partition coefficient (Wildman–Crippen LogP) is 3.12. The molecule has 0 atom stereocenters. The van der Waals surface area contributed by atoms with Crippen molar-refractivity contribution in [2.45, 2.75) is 39.5 Å². The maximum Gasteiger partial charge on any atom is 0.427 e. The third kappa shape index (κ3) is 5.02. The molecule has 112 valence electrons. The van der Waals surface area contributed by atoms with Gasteiger partial charge in [-0.05, 0) is 23.5 Å². The first kappa shape index (κ1) is 16.8. The largest absolute Gasteiger partial charge is 0.427 e. The first-order valence-electron chi connectivity index (χ1n) is 6.10. The van der Waals surface area contributed by atoms with Crippen LogP contribution in [0.15, 0.2) is 18.2 Å². The molecule has 20 heavy (non-hydrogen) atoms. The van der Waals surface area contributed by atoms with Gasteiger partial charge in [-0.2, -0.15) is 8.42 Å². The molecule has 0 unspecified atom stereocenters. The lowest BCUT2D eigenvalue weighted by molar-refractivity contribution is 0.206. The number of carbonyl (C=O) groups excluding carboxylic acids is 1. The van der Waals surface area contributed by atoms with Crippen molar-refractivity contribution in [1.29, 1.82) is 0 Å². The van der Waals surface area contributed by atoms with Crippen LogP contribution in [0.2, 0.25) is 0 Å². The van der Waals surface area contributed by atoms with E-state index < -0.39 is 15.3 Å². The molecule has 0 bridgehead atoms. The molecule has 0 aliphatic heterocycles. The number of halogens is 1. The Morgan fingerprint density at radius 3 is 2.40 bits per heavy atom. The van der Waals surface area contributed by atoms with E-state index >= 15 is 0 Å². The summed E-state index contributed by atoms with van der Waals surface area (Å²) < 4.78 is 28.1. The molecule has 0 aromatic heterocycles. The minimum absolute atomic E-state index is 0.249. The van der Waals surface area contributed by atoms with Crippen LogP contribution in [0.3, 0.4) is 0 Å². The molecule has 1 amide bonds. The second-order valence-electron chi connectivity index (χ2n) is 5.36. The average Bonchev–Trinajstić information content (AvgIpc) is 2.25. The van der Waals surface area contributed by atoms with Gasteiger partial charge in [-0.3, -0.25) is 0 Å². The highest BCUT2D eigenvalue weighted by atomic mass is 35.7. The van der Waals surface area contributed by atoms with Crippen molar-refractivity contribution >= 4 is 26.0 Å². The van der Waals surface area contributed by atoms with Crippen LogP contribution in [0.5, 0.6) is 5.75 Å². The first-order valence-corrected chi connectivity index (χ1v) is 8.41. The second-order valence-corrected chi connectivity index (χ2v) is 7.66. The predicted molar refractivity (Wildman–Crippen MR) is 78.5 cm³/mol. The normalized spacial score (nSPS) is 12.1. The van der Waals surface area contributed by atoms with Gasteiger partial charge in [0.05, 0.1) is 0 Å². The zero-order valence-corrected chi connectivity index (χ0v) is 13.4. The number of aryl methyl sites for hydroxylation is 1. The van der Waals surface area contributed by atoms with Crippen molar-refractivity contribution in [3.05, 3.63) is 29.3 Å². The van der Waals surface area contributed by atoms with Gasteiger partial charge in [-0.1, -0.05) is 39.8 Å². The highest BCUT2D eigenvalue weighted by Gasteiger charge is 2.22. The average molecular weight is 320 g/mol. The molecule has 1 aromatic carbocycles. The summed E-state index contributed by atoms with van der Waals surface area (Å²) in [5.74, 6) is 0.313. The molecule has 1 rings (SSSR count). The molecule has 0 aliphatic rings. The number of benzene rings is 1. The summed E-state index contributed by atoms with van der Waals surface area (Å²) in [6, 6.07) is 5.42. The van der Waals surface area contributed by atoms with Crippen molar-refractivity contribution in [2.75, 3.05) is 0 Å². The van der Waals surface area contributed by atoms with E-state index in [4.69, 9.17) is 15.4 Å². The Kier molecular flexibility index (Phi) is 5.05. The molecule has 0 saturated carbocycles. The molecule has 0 heterocycles. The maximum absolute atomic E-state index is 11.5. The number of amides is 1. The van der Waals surface area contributed by atoms with Gasteiger partial charge >= 0.3 is 15.3 Å². The van der Waals surface area contributed by atoms with E-state index in [1.54, 1.807) is 10.8 Å². The Morgan fingerprint density at radius 1 is 1.35 bits per heavy atom. The molecule has 0 saturated heterocycles. The summed E-state index contributed by atoms with van der Waals surface area (Å²) in [4.78, 5) is 11.5. The van der Waals surface area contributed by atoms with Gasteiger partial charge in [-0.25, -0.2) is 9.52 Å². The third-order valence-electron chi connectivity index (χ3n) is 2.67. The van der Waals surface area contributed by atoms with Crippen LogP contribution in [-0.4, -0.2) is 14.5 Å². The van der Waals surface area contributed by atoms with Crippen molar-refractivity contribution in [2.24, 2.45) is 0 Å². The molecule has 1 aromatic rings. The smallest absolute Gasteiger partial charge is 0.409 e. The summed E-state index contributed by atoms with van der Waals surface area (Å²) in [6.45, 7) is 7.95. The maximum atomic E-state index is 11.5. The number of hydrogen-bond donors (Lipinski definition) is 1. The fraction of sp³-hybridized carbons (Fsp3) is 0.462. The summed E-state index contributed by atoms with van der Waals surface area (Å²) >= 11 is 0. The van der Waals surface area contributed by atoms with Gasteiger partial charge in [0.2, 0.25) is 0 Å². The van der Waals surface area contributed by atoms with E-state index in [-0.39, 0.29) is 5.41 Å². The summed E-state index contributed by atoms with van der Waals surface area (Å²) in [6.07, 6.45) is -0.277. The minimum atomic E-state index is -4.16. The van der Waals surface area contributed by atoms with Gasteiger partial charge in [0.25, 0.3) is 0 Å². The second kappa shape index (κ2) is 6.01. The van der Waals surface area contributed by atoms with Gasteiger partial charge in [0.1, 0.15) is 5.75 Å². The Morgan fingerprint density at radius 2 is 1.95 bits per heavy atom. The number of nitrogens with one attached hydrogen (secondary N) is 1. The van der Waals surface area contributed by atoms with Gasteiger partial charge in [-0.15, -0.1) is 0 Å². The summed E-state index contributed by atoms with van der Waals surface area (Å²) in [5.41, 5.74) is 1.67. The summed E-state index contributed by atoms with van der Waals surface area (Å²) in [7, 11) is 0.775. The Bertz CT molecular complexity index is 605. The van der Waals surface area contributed by atoms with E-state index in [2.05, 4.69) is 0 Å². The van der Waals surface area contributed by atoms with Crippen LogP contribution in [0.25, 0.3) is 0 Å². The number of rotatable bonds is 3. The van der Waals surface area contributed by atoms with E-state index in [9.17, 15) is 13.2 Å². The highest BCUT2D eigenvalue weighted by molar-refractivity contribution is 8.12. The molecule has 0 aliphatic carbocycles. The van der Waals surface area contributed by atoms with E-state index in [0.717, 1.165) is 17.5 Å². The van der Waals surface area contributed by atoms with E-state index in [0.29, 0.717) is 5.75 Å². The molecule has 1 N–H and O–H groups in total. The molecule has 5 nitrogen and oxygen atoms in total. The van der Waals surface area contributed by atoms with Crippen LogP contribution in [-0.2, 0) is 21.1 Å². The van der Waals surface area contributed by atoms with Crippen molar-refractivity contribution < 1.29 is 17.9 Å². The zero-order chi connectivity index (χ0) is 15.6. The molecule has 0 radical (unpaired) electrons. The number of carbonyl (C=O) groups is 1. The summed E-state index contributed by atoms with van der Waals surface area (Å²) in [5, 5.41) is 0. The molecular weight excluding hydrogens is 302 g/mol. The van der Waals surface area contributed by atoms with Crippen LogP contribution in [0.4, 0.5) is 4.79 Å².